The number of amides is 1. The smallest absolute Gasteiger partial charge is 0.387 e. The fraction of sp³-hybridized carbons (Fsp3) is 0.154. The number of alkyl halides is 2. The van der Waals surface area contributed by atoms with Crippen LogP contribution in [0.5, 0.6) is 17.2 Å². The first-order chi connectivity index (χ1) is 18.8. The zero-order valence-corrected chi connectivity index (χ0v) is 20.7. The first kappa shape index (κ1) is 25.6. The molecule has 1 amide bonds. The number of H-pyrrole nitrogens is 1. The second kappa shape index (κ2) is 10.8. The molecule has 3 heterocycles. The molecule has 5 rings (SSSR count). The van der Waals surface area contributed by atoms with E-state index in [1.54, 1.807) is 56.8 Å². The highest BCUT2D eigenvalue weighted by atomic mass is 19.3. The Bertz CT molecular complexity index is 1600. The molecule has 200 valence electrons. The molecule has 0 aliphatic heterocycles. The molecule has 2 aromatic carbocycles. The third kappa shape index (κ3) is 5.48. The molecule has 0 saturated heterocycles. The van der Waals surface area contributed by atoms with E-state index in [-0.39, 0.29) is 22.9 Å². The number of fused-ring (bicyclic) bond motifs is 1. The minimum atomic E-state index is -3.08. The molecule has 1 atom stereocenters. The molecule has 0 aliphatic rings. The van der Waals surface area contributed by atoms with E-state index in [9.17, 15) is 18.7 Å². The number of halogens is 2. The first-order valence-electron chi connectivity index (χ1n) is 11.6. The van der Waals surface area contributed by atoms with Crippen molar-refractivity contribution in [1.82, 2.24) is 29.7 Å². The Labute approximate surface area is 220 Å². The second-order valence-corrected chi connectivity index (χ2v) is 8.56. The van der Waals surface area contributed by atoms with E-state index < -0.39 is 12.8 Å². The van der Waals surface area contributed by atoms with Crippen molar-refractivity contribution in [1.29, 1.82) is 0 Å². The Morgan fingerprint density at radius 3 is 2.64 bits per heavy atom. The van der Waals surface area contributed by atoms with Gasteiger partial charge < -0.3 is 24.8 Å². The van der Waals surface area contributed by atoms with E-state index in [1.807, 2.05) is 0 Å². The summed E-state index contributed by atoms with van der Waals surface area (Å²) in [6.45, 7) is -3.08. The minimum absolute atomic E-state index is 0.135. The summed E-state index contributed by atoms with van der Waals surface area (Å²) in [6, 6.07) is 12.5. The summed E-state index contributed by atoms with van der Waals surface area (Å²) in [5.41, 5.74) is 2.12. The van der Waals surface area contributed by atoms with Gasteiger partial charge in [0.2, 0.25) is 0 Å². The van der Waals surface area contributed by atoms with Gasteiger partial charge in [0, 0.05) is 37.6 Å². The SMILES string of the molecule is CN(C)C(=O)c1ccc(Oc2ccc(OC(F)F)c(-c3[nH]ncc3NC(O)c3cnn4cccnc34)c2)cc1. The minimum Gasteiger partial charge on any atom is -0.457 e. The summed E-state index contributed by atoms with van der Waals surface area (Å²) >= 11 is 0. The van der Waals surface area contributed by atoms with Crippen LogP contribution in [-0.4, -0.2) is 61.4 Å². The molecular formula is C26H23F2N7O4. The van der Waals surface area contributed by atoms with E-state index in [0.29, 0.717) is 34.0 Å². The molecule has 0 spiro atoms. The number of hydrogen-bond donors (Lipinski definition) is 3. The highest BCUT2D eigenvalue weighted by Gasteiger charge is 2.21. The third-order valence-electron chi connectivity index (χ3n) is 5.71. The monoisotopic (exact) mass is 535 g/mol. The summed E-state index contributed by atoms with van der Waals surface area (Å²) < 4.78 is 38.6. The lowest BCUT2D eigenvalue weighted by Gasteiger charge is -2.16. The summed E-state index contributed by atoms with van der Waals surface area (Å²) in [5, 5.41) is 24.7. The highest BCUT2D eigenvalue weighted by Crippen LogP contribution is 2.39. The number of carbonyl (C=O) groups is 1. The van der Waals surface area contributed by atoms with Crippen LogP contribution in [-0.2, 0) is 0 Å². The van der Waals surface area contributed by atoms with Crippen LogP contribution in [0, 0.1) is 0 Å². The van der Waals surface area contributed by atoms with Gasteiger partial charge in [0.25, 0.3) is 5.91 Å². The molecule has 1 unspecified atom stereocenters. The predicted molar refractivity (Wildman–Crippen MR) is 137 cm³/mol. The van der Waals surface area contributed by atoms with Crippen LogP contribution >= 0.6 is 0 Å². The Balaban J connectivity index is 1.43. The third-order valence-corrected chi connectivity index (χ3v) is 5.71. The number of aliphatic hydroxyl groups excluding tert-OH is 1. The number of benzene rings is 2. The topological polar surface area (TPSA) is 130 Å². The standard InChI is InChI=1S/C26H23F2N7O4/c1-34(2)25(37)15-4-6-16(7-5-15)38-17-8-9-21(39-26(27)28)18(12-17)22-20(14-30-33-22)32-24(36)19-13-31-35-11-3-10-29-23(19)35/h3-14,24,26,32,36H,1-2H3,(H,30,33). The largest absolute Gasteiger partial charge is 0.457 e. The van der Waals surface area contributed by atoms with Crippen LogP contribution in [0.3, 0.4) is 0 Å². The van der Waals surface area contributed by atoms with Gasteiger partial charge in [-0.05, 0) is 48.5 Å². The molecule has 11 nitrogen and oxygen atoms in total. The van der Waals surface area contributed by atoms with E-state index >= 15 is 0 Å². The number of aliphatic hydroxyl groups is 1. The molecule has 3 N–H and O–H groups in total. The average Bonchev–Trinajstić information content (AvgIpc) is 3.56. The maximum Gasteiger partial charge on any atom is 0.387 e. The predicted octanol–water partition coefficient (Wildman–Crippen LogP) is 4.32. The van der Waals surface area contributed by atoms with Crippen molar-refractivity contribution in [3.8, 4) is 28.5 Å². The number of rotatable bonds is 9. The number of hydrogen-bond acceptors (Lipinski definition) is 8. The maximum absolute atomic E-state index is 13.2. The number of anilines is 1. The molecule has 3 aromatic heterocycles. The van der Waals surface area contributed by atoms with Crippen LogP contribution in [0.15, 0.2) is 73.3 Å². The number of aromatic amines is 1. The maximum atomic E-state index is 13.2. The normalized spacial score (nSPS) is 11.9. The Hall–Kier alpha value is -5.04. The number of ether oxygens (including phenoxy) is 2. The van der Waals surface area contributed by atoms with Crippen molar-refractivity contribution >= 4 is 17.2 Å². The van der Waals surface area contributed by atoms with Crippen molar-refractivity contribution in [3.63, 3.8) is 0 Å². The summed E-state index contributed by atoms with van der Waals surface area (Å²) in [6.07, 6.45) is 4.89. The van der Waals surface area contributed by atoms with Crippen molar-refractivity contribution in [3.05, 3.63) is 84.4 Å². The van der Waals surface area contributed by atoms with Gasteiger partial charge in [-0.15, -0.1) is 0 Å². The lowest BCUT2D eigenvalue weighted by molar-refractivity contribution is -0.0494. The van der Waals surface area contributed by atoms with E-state index in [4.69, 9.17) is 9.47 Å². The zero-order chi connectivity index (χ0) is 27.5. The second-order valence-electron chi connectivity index (χ2n) is 8.56. The van der Waals surface area contributed by atoms with Gasteiger partial charge in [-0.25, -0.2) is 9.50 Å². The Morgan fingerprint density at radius 1 is 1.13 bits per heavy atom. The first-order valence-corrected chi connectivity index (χ1v) is 11.6. The molecule has 0 radical (unpaired) electrons. The van der Waals surface area contributed by atoms with Crippen LogP contribution in [0.4, 0.5) is 14.5 Å². The van der Waals surface area contributed by atoms with Crippen molar-refractivity contribution in [2.24, 2.45) is 0 Å². The Morgan fingerprint density at radius 2 is 1.90 bits per heavy atom. The van der Waals surface area contributed by atoms with Crippen LogP contribution in [0.1, 0.15) is 22.1 Å². The fourth-order valence-electron chi connectivity index (χ4n) is 3.89. The van der Waals surface area contributed by atoms with Crippen LogP contribution < -0.4 is 14.8 Å². The van der Waals surface area contributed by atoms with Crippen LogP contribution in [0.25, 0.3) is 16.9 Å². The molecule has 0 fully saturated rings. The van der Waals surface area contributed by atoms with E-state index in [0.717, 1.165) is 0 Å². The molecule has 39 heavy (non-hydrogen) atoms. The number of nitrogens with zero attached hydrogens (tertiary/aromatic N) is 5. The molecule has 0 aliphatic carbocycles. The fourth-order valence-corrected chi connectivity index (χ4v) is 3.89. The Kier molecular flexibility index (Phi) is 7.06. The molecule has 0 bridgehead atoms. The zero-order valence-electron chi connectivity index (χ0n) is 20.7. The molecular weight excluding hydrogens is 512 g/mol. The van der Waals surface area contributed by atoms with Crippen molar-refractivity contribution in [2.45, 2.75) is 12.8 Å². The van der Waals surface area contributed by atoms with Gasteiger partial charge in [-0.1, -0.05) is 0 Å². The van der Waals surface area contributed by atoms with Crippen molar-refractivity contribution in [2.75, 3.05) is 19.4 Å². The van der Waals surface area contributed by atoms with Gasteiger partial charge >= 0.3 is 6.61 Å². The summed E-state index contributed by atoms with van der Waals surface area (Å²) in [7, 11) is 3.31. The number of aromatic nitrogens is 5. The van der Waals surface area contributed by atoms with Crippen molar-refractivity contribution < 1.29 is 28.2 Å². The molecule has 5 aromatic rings. The number of carbonyl (C=O) groups excluding carboxylic acids is 1. The van der Waals surface area contributed by atoms with Gasteiger partial charge in [-0.3, -0.25) is 9.89 Å². The molecule has 13 heteroatoms. The summed E-state index contributed by atoms with van der Waals surface area (Å²) in [4.78, 5) is 17.8. The quantitative estimate of drug-likeness (QED) is 0.238. The van der Waals surface area contributed by atoms with Gasteiger partial charge in [-0.2, -0.15) is 19.0 Å². The summed E-state index contributed by atoms with van der Waals surface area (Å²) in [5.74, 6) is 0.450. The lowest BCUT2D eigenvalue weighted by Crippen LogP contribution is -2.21. The van der Waals surface area contributed by atoms with Gasteiger partial charge in [0.05, 0.1) is 29.3 Å². The van der Waals surface area contributed by atoms with E-state index in [2.05, 4.69) is 25.6 Å². The van der Waals surface area contributed by atoms with E-state index in [1.165, 1.54) is 40.0 Å². The van der Waals surface area contributed by atoms with Gasteiger partial charge in [0.1, 0.15) is 17.2 Å². The molecule has 0 saturated carbocycles. The average molecular weight is 536 g/mol. The van der Waals surface area contributed by atoms with Crippen LogP contribution in [0.2, 0.25) is 0 Å². The number of nitrogens with one attached hydrogen (secondary N) is 2. The van der Waals surface area contributed by atoms with Gasteiger partial charge in [0.15, 0.2) is 11.9 Å². The highest BCUT2D eigenvalue weighted by molar-refractivity contribution is 5.94. The lowest BCUT2D eigenvalue weighted by atomic mass is 10.1.